The van der Waals surface area contributed by atoms with Crippen LogP contribution >= 0.6 is 0 Å². The maximum Gasteiger partial charge on any atom is -0.0623 e. The lowest BCUT2D eigenvalue weighted by Gasteiger charge is -1.69. The molecule has 0 aliphatic carbocycles. The summed E-state index contributed by atoms with van der Waals surface area (Å²) in [6.45, 7) is 4.00. The van der Waals surface area contributed by atoms with Crippen molar-refractivity contribution in [2.24, 2.45) is 0 Å². The van der Waals surface area contributed by atoms with Gasteiger partial charge in [0.2, 0.25) is 0 Å². The van der Waals surface area contributed by atoms with Gasteiger partial charge in [0, 0.05) is 0 Å². The van der Waals surface area contributed by atoms with Crippen LogP contribution in [0.5, 0.6) is 0 Å². The molecule has 0 spiro atoms. The molecule has 0 aliphatic heterocycles. The normalized spacial score (nSPS) is 6.00. The fraction of sp³-hybridized carbons (Fsp3) is 0.250. The van der Waals surface area contributed by atoms with E-state index in [1.807, 2.05) is 50.2 Å². The van der Waals surface area contributed by atoms with Crippen LogP contribution < -0.4 is 6.15 Å². The molecular weight excluding hydrogens is 110 g/mol. The Bertz CT molecular complexity index is 76.5. The van der Waals surface area contributed by atoms with Crippen LogP contribution in [0.25, 0.3) is 0 Å². The van der Waals surface area contributed by atoms with E-state index in [9.17, 15) is 0 Å². The Morgan fingerprint density at radius 1 is 0.556 bits per heavy atom. The molecule has 0 atom stereocenters. The zero-order valence-electron chi connectivity index (χ0n) is 6.17. The standard InChI is InChI=1S/C6H6.C2H6.H3N/c1-2-4-6-5-3-1;1-2;/h1-6H;1-2H3;1H3. The molecule has 0 bridgehead atoms. The molecule has 1 aromatic carbocycles. The fourth-order valence-corrected chi connectivity index (χ4v) is 0.385. The van der Waals surface area contributed by atoms with Crippen LogP contribution in [0.3, 0.4) is 0 Å². The van der Waals surface area contributed by atoms with E-state index in [1.165, 1.54) is 0 Å². The van der Waals surface area contributed by atoms with Gasteiger partial charge in [0.1, 0.15) is 0 Å². The highest BCUT2D eigenvalue weighted by Gasteiger charge is 1.57. The van der Waals surface area contributed by atoms with Crippen molar-refractivity contribution < 1.29 is 0 Å². The van der Waals surface area contributed by atoms with Gasteiger partial charge in [-0.25, -0.2) is 0 Å². The van der Waals surface area contributed by atoms with Crippen molar-refractivity contribution in [1.82, 2.24) is 6.15 Å². The molecule has 1 rings (SSSR count). The summed E-state index contributed by atoms with van der Waals surface area (Å²) in [7, 11) is 0. The van der Waals surface area contributed by atoms with Crippen LogP contribution in [0, 0.1) is 0 Å². The van der Waals surface area contributed by atoms with E-state index in [4.69, 9.17) is 0 Å². The molecule has 0 amide bonds. The van der Waals surface area contributed by atoms with Crippen molar-refractivity contribution in [1.29, 1.82) is 0 Å². The van der Waals surface area contributed by atoms with E-state index in [0.717, 1.165) is 0 Å². The van der Waals surface area contributed by atoms with Gasteiger partial charge in [-0.2, -0.15) is 0 Å². The summed E-state index contributed by atoms with van der Waals surface area (Å²) in [6.07, 6.45) is 0. The van der Waals surface area contributed by atoms with Crippen molar-refractivity contribution in [3.8, 4) is 0 Å². The highest BCUT2D eigenvalue weighted by Crippen LogP contribution is 1.79. The monoisotopic (exact) mass is 125 g/mol. The summed E-state index contributed by atoms with van der Waals surface area (Å²) < 4.78 is 0. The quantitative estimate of drug-likeness (QED) is 0.568. The molecule has 0 unspecified atom stereocenters. The lowest BCUT2D eigenvalue weighted by atomic mass is 10.4. The Morgan fingerprint density at radius 3 is 0.778 bits per heavy atom. The van der Waals surface area contributed by atoms with Gasteiger partial charge in [0.05, 0.1) is 0 Å². The van der Waals surface area contributed by atoms with Gasteiger partial charge in [-0.05, 0) is 0 Å². The van der Waals surface area contributed by atoms with Crippen molar-refractivity contribution in [3.05, 3.63) is 36.4 Å². The number of hydrogen-bond donors (Lipinski definition) is 1. The Morgan fingerprint density at radius 2 is 0.667 bits per heavy atom. The van der Waals surface area contributed by atoms with Gasteiger partial charge >= 0.3 is 0 Å². The number of benzene rings is 1. The zero-order valence-corrected chi connectivity index (χ0v) is 6.17. The predicted octanol–water partition coefficient (Wildman–Crippen LogP) is 2.87. The first-order valence-electron chi connectivity index (χ1n) is 3.00. The van der Waals surface area contributed by atoms with Crippen LogP contribution in [-0.2, 0) is 0 Å². The zero-order chi connectivity index (χ0) is 6.24. The summed E-state index contributed by atoms with van der Waals surface area (Å²) in [5.41, 5.74) is 0. The lowest BCUT2D eigenvalue weighted by molar-refractivity contribution is 1.50. The summed E-state index contributed by atoms with van der Waals surface area (Å²) in [4.78, 5) is 0. The topological polar surface area (TPSA) is 35.0 Å². The highest BCUT2D eigenvalue weighted by atomic mass is 14.0. The third-order valence-electron chi connectivity index (χ3n) is 0.667. The molecule has 1 aromatic rings. The maximum atomic E-state index is 2.00. The minimum Gasteiger partial charge on any atom is -0.344 e. The summed E-state index contributed by atoms with van der Waals surface area (Å²) >= 11 is 0. The average molecular weight is 125 g/mol. The smallest absolute Gasteiger partial charge is 0.0623 e. The largest absolute Gasteiger partial charge is 0.344 e. The van der Waals surface area contributed by atoms with Gasteiger partial charge in [-0.3, -0.25) is 0 Å². The SMILES string of the molecule is CC.N.c1ccccc1. The molecule has 1 nitrogen and oxygen atoms in total. The molecule has 0 heterocycles. The second kappa shape index (κ2) is 10.2. The Kier molecular flexibility index (Phi) is 12.5. The summed E-state index contributed by atoms with van der Waals surface area (Å²) in [6, 6.07) is 12.0. The first-order valence-corrected chi connectivity index (χ1v) is 3.00. The average Bonchev–Trinajstić information content (AvgIpc) is 1.96. The molecule has 0 aromatic heterocycles. The van der Waals surface area contributed by atoms with E-state index >= 15 is 0 Å². The first-order chi connectivity index (χ1) is 4.00. The van der Waals surface area contributed by atoms with Crippen molar-refractivity contribution in [2.75, 3.05) is 0 Å². The minimum atomic E-state index is 0. The van der Waals surface area contributed by atoms with Crippen LogP contribution in [-0.4, -0.2) is 0 Å². The van der Waals surface area contributed by atoms with Crippen LogP contribution in [0.15, 0.2) is 36.4 Å². The summed E-state index contributed by atoms with van der Waals surface area (Å²) in [5, 5.41) is 0. The van der Waals surface area contributed by atoms with Crippen molar-refractivity contribution in [2.45, 2.75) is 13.8 Å². The number of hydrogen-bond acceptors (Lipinski definition) is 1. The molecule has 0 aliphatic rings. The summed E-state index contributed by atoms with van der Waals surface area (Å²) in [5.74, 6) is 0. The molecule has 0 radical (unpaired) electrons. The van der Waals surface area contributed by atoms with Crippen LogP contribution in [0.1, 0.15) is 13.8 Å². The number of rotatable bonds is 0. The second-order valence-corrected chi connectivity index (χ2v) is 1.15. The third-order valence-corrected chi connectivity index (χ3v) is 0.667. The van der Waals surface area contributed by atoms with Gasteiger partial charge < -0.3 is 6.15 Å². The molecular formula is C8H15N. The highest BCUT2D eigenvalue weighted by molar-refractivity contribution is 4.99. The maximum absolute atomic E-state index is 2.00. The third kappa shape index (κ3) is 7.18. The van der Waals surface area contributed by atoms with E-state index in [1.54, 1.807) is 0 Å². The van der Waals surface area contributed by atoms with Gasteiger partial charge in [-0.15, -0.1) is 0 Å². The molecule has 52 valence electrons. The molecule has 0 fully saturated rings. The molecule has 9 heavy (non-hydrogen) atoms. The second-order valence-electron chi connectivity index (χ2n) is 1.15. The molecule has 1 heteroatoms. The van der Waals surface area contributed by atoms with E-state index in [0.29, 0.717) is 0 Å². The van der Waals surface area contributed by atoms with E-state index in [2.05, 4.69) is 0 Å². The Labute approximate surface area is 57.3 Å². The van der Waals surface area contributed by atoms with Gasteiger partial charge in [0.25, 0.3) is 0 Å². The molecule has 0 saturated carbocycles. The van der Waals surface area contributed by atoms with Crippen molar-refractivity contribution >= 4 is 0 Å². The van der Waals surface area contributed by atoms with Crippen LogP contribution in [0.4, 0.5) is 0 Å². The van der Waals surface area contributed by atoms with Crippen molar-refractivity contribution in [3.63, 3.8) is 0 Å². The lowest BCUT2D eigenvalue weighted by Crippen LogP contribution is -1.47. The van der Waals surface area contributed by atoms with Crippen LogP contribution in [0.2, 0.25) is 0 Å². The molecule has 0 saturated heterocycles. The minimum absolute atomic E-state index is 0. The van der Waals surface area contributed by atoms with E-state index < -0.39 is 0 Å². The van der Waals surface area contributed by atoms with Gasteiger partial charge in [0.15, 0.2) is 0 Å². The Hall–Kier alpha value is -0.820. The fourth-order valence-electron chi connectivity index (χ4n) is 0.385. The first kappa shape index (κ1) is 11.0. The van der Waals surface area contributed by atoms with E-state index in [-0.39, 0.29) is 6.15 Å². The molecule has 3 N–H and O–H groups in total. The Balaban J connectivity index is 0. The van der Waals surface area contributed by atoms with Gasteiger partial charge in [-0.1, -0.05) is 50.2 Å². The predicted molar refractivity (Wildman–Crippen MR) is 42.8 cm³/mol.